The van der Waals surface area contributed by atoms with Crippen LogP contribution in [0.3, 0.4) is 0 Å². The number of carbonyl (C=O) groups is 1. The van der Waals surface area contributed by atoms with Gasteiger partial charge in [-0.15, -0.1) is 12.4 Å². The van der Waals surface area contributed by atoms with E-state index in [4.69, 9.17) is 5.11 Å². The van der Waals surface area contributed by atoms with Crippen LogP contribution in [0, 0.1) is 0 Å². The minimum absolute atomic E-state index is 0. The average Bonchev–Trinajstić information content (AvgIpc) is 1.61. The second-order valence-corrected chi connectivity index (χ2v) is 2.11. The lowest BCUT2D eigenvalue weighted by molar-refractivity contribution is -0.135. The molecule has 0 amide bonds. The molecule has 0 heterocycles. The summed E-state index contributed by atoms with van der Waals surface area (Å²) in [5.41, 5.74) is 0. The molecule has 0 atom stereocenters. The Labute approximate surface area is 67.7 Å². The van der Waals surface area contributed by atoms with E-state index in [2.05, 4.69) is 27.8 Å². The van der Waals surface area contributed by atoms with Gasteiger partial charge >= 0.3 is 5.97 Å². The number of aliphatic carboxylic acids is 1. The van der Waals surface area contributed by atoms with Gasteiger partial charge in [-0.2, -0.15) is 0 Å². The van der Waals surface area contributed by atoms with Gasteiger partial charge in [0.2, 0.25) is 0 Å². The van der Waals surface area contributed by atoms with Crippen molar-refractivity contribution in [2.75, 3.05) is 6.54 Å². The summed E-state index contributed by atoms with van der Waals surface area (Å²) < 4.78 is 0.486. The lowest BCUT2D eigenvalue weighted by atomic mass is 10.7. The van der Waals surface area contributed by atoms with Crippen molar-refractivity contribution in [2.45, 2.75) is 0 Å². The zero-order valence-corrected chi connectivity index (χ0v) is 6.96. The standard InChI is InChI=1S/C4H6BrNO2.ClH/c1-3(5)6-2-4(7)8;/h6H,1-2H2,(H,7,8);1H. The molecule has 0 fully saturated rings. The maximum absolute atomic E-state index is 9.78. The van der Waals surface area contributed by atoms with Crippen LogP contribution < -0.4 is 5.32 Å². The highest BCUT2D eigenvalue weighted by Crippen LogP contribution is 1.91. The molecule has 0 aliphatic heterocycles. The first kappa shape index (κ1) is 11.6. The number of carboxylic acids is 1. The minimum Gasteiger partial charge on any atom is -0.480 e. The van der Waals surface area contributed by atoms with Crippen molar-refractivity contribution in [2.24, 2.45) is 0 Å². The van der Waals surface area contributed by atoms with E-state index in [9.17, 15) is 4.79 Å². The lowest BCUT2D eigenvalue weighted by Gasteiger charge is -1.95. The van der Waals surface area contributed by atoms with Crippen molar-refractivity contribution in [1.82, 2.24) is 5.32 Å². The van der Waals surface area contributed by atoms with Crippen molar-refractivity contribution in [3.8, 4) is 0 Å². The largest absolute Gasteiger partial charge is 0.480 e. The molecule has 0 radical (unpaired) electrons. The molecule has 0 aliphatic rings. The quantitative estimate of drug-likeness (QED) is 0.691. The normalized spacial score (nSPS) is 7.22. The maximum atomic E-state index is 9.78. The molecule has 9 heavy (non-hydrogen) atoms. The lowest BCUT2D eigenvalue weighted by Crippen LogP contribution is -2.18. The van der Waals surface area contributed by atoms with Crippen LogP contribution in [0.2, 0.25) is 0 Å². The van der Waals surface area contributed by atoms with E-state index in [0.29, 0.717) is 4.61 Å². The highest BCUT2D eigenvalue weighted by molar-refractivity contribution is 9.11. The van der Waals surface area contributed by atoms with Gasteiger partial charge in [-0.25, -0.2) is 0 Å². The summed E-state index contributed by atoms with van der Waals surface area (Å²) in [4.78, 5) is 9.78. The summed E-state index contributed by atoms with van der Waals surface area (Å²) in [6.45, 7) is 3.28. The third-order valence-electron chi connectivity index (χ3n) is 0.431. The van der Waals surface area contributed by atoms with Crippen LogP contribution in [0.15, 0.2) is 11.2 Å². The first-order chi connectivity index (χ1) is 3.63. The van der Waals surface area contributed by atoms with Crippen LogP contribution in [0.5, 0.6) is 0 Å². The SMILES string of the molecule is C=C(Br)NCC(=O)O.Cl. The Morgan fingerprint density at radius 2 is 2.22 bits per heavy atom. The summed E-state index contributed by atoms with van der Waals surface area (Å²) in [7, 11) is 0. The molecule has 0 aliphatic carbocycles. The molecule has 0 saturated carbocycles. The Hall–Kier alpha value is -0.220. The molecule has 3 nitrogen and oxygen atoms in total. The monoisotopic (exact) mass is 215 g/mol. The van der Waals surface area contributed by atoms with Gasteiger partial charge in [-0.3, -0.25) is 4.79 Å². The molecule has 5 heteroatoms. The Balaban J connectivity index is 0. The van der Waals surface area contributed by atoms with Crippen molar-refractivity contribution >= 4 is 34.3 Å². The van der Waals surface area contributed by atoms with Gasteiger partial charge in [0.15, 0.2) is 0 Å². The third kappa shape index (κ3) is 11.4. The van der Waals surface area contributed by atoms with Crippen molar-refractivity contribution < 1.29 is 9.90 Å². The van der Waals surface area contributed by atoms with Gasteiger partial charge < -0.3 is 10.4 Å². The van der Waals surface area contributed by atoms with Gasteiger partial charge in [0.1, 0.15) is 6.54 Å². The zero-order chi connectivity index (χ0) is 6.57. The Morgan fingerprint density at radius 3 is 2.33 bits per heavy atom. The number of nitrogens with one attached hydrogen (secondary N) is 1. The predicted octanol–water partition coefficient (Wildman–Crippen LogP) is 0.948. The van der Waals surface area contributed by atoms with E-state index in [1.165, 1.54) is 0 Å². The fourth-order valence-corrected chi connectivity index (χ4v) is 0.312. The molecular weight excluding hydrogens is 209 g/mol. The van der Waals surface area contributed by atoms with Crippen molar-refractivity contribution in [3.63, 3.8) is 0 Å². The van der Waals surface area contributed by atoms with E-state index < -0.39 is 5.97 Å². The first-order valence-electron chi connectivity index (χ1n) is 1.93. The molecular formula is C4H7BrClNO2. The number of hydrogen-bond donors (Lipinski definition) is 2. The van der Waals surface area contributed by atoms with E-state index in [1.807, 2.05) is 0 Å². The number of halogens is 2. The molecule has 0 rings (SSSR count). The molecule has 0 aromatic heterocycles. The maximum Gasteiger partial charge on any atom is 0.322 e. The van der Waals surface area contributed by atoms with Crippen LogP contribution >= 0.6 is 28.3 Å². The van der Waals surface area contributed by atoms with Gasteiger partial charge in [-0.05, 0) is 15.9 Å². The summed E-state index contributed by atoms with van der Waals surface area (Å²) >= 11 is 2.93. The molecule has 0 saturated heterocycles. The Morgan fingerprint density at radius 1 is 1.78 bits per heavy atom. The van der Waals surface area contributed by atoms with Crippen molar-refractivity contribution in [3.05, 3.63) is 11.2 Å². The fourth-order valence-electron chi connectivity index (χ4n) is 0.172. The predicted molar refractivity (Wildman–Crippen MR) is 41.0 cm³/mol. The van der Waals surface area contributed by atoms with Crippen LogP contribution in [-0.4, -0.2) is 17.6 Å². The third-order valence-corrected chi connectivity index (χ3v) is 0.712. The summed E-state index contributed by atoms with van der Waals surface area (Å²) in [6, 6.07) is 0. The average molecular weight is 216 g/mol. The number of carboxylic acid groups (broad SMARTS) is 1. The van der Waals surface area contributed by atoms with Crippen LogP contribution in [-0.2, 0) is 4.79 Å². The van der Waals surface area contributed by atoms with Crippen LogP contribution in [0.25, 0.3) is 0 Å². The first-order valence-corrected chi connectivity index (χ1v) is 2.72. The van der Waals surface area contributed by atoms with Gasteiger partial charge in [0.25, 0.3) is 0 Å². The summed E-state index contributed by atoms with van der Waals surface area (Å²) in [6.07, 6.45) is 0. The van der Waals surface area contributed by atoms with E-state index in [-0.39, 0.29) is 19.0 Å². The highest BCUT2D eigenvalue weighted by atomic mass is 79.9. The van der Waals surface area contributed by atoms with Gasteiger partial charge in [-0.1, -0.05) is 6.58 Å². The second kappa shape index (κ2) is 5.91. The molecule has 0 aromatic carbocycles. The molecule has 2 N–H and O–H groups in total. The molecule has 0 bridgehead atoms. The number of rotatable bonds is 3. The molecule has 0 spiro atoms. The van der Waals surface area contributed by atoms with E-state index in [0.717, 1.165) is 0 Å². The van der Waals surface area contributed by atoms with Crippen molar-refractivity contribution in [1.29, 1.82) is 0 Å². The second-order valence-electron chi connectivity index (χ2n) is 1.15. The van der Waals surface area contributed by atoms with Gasteiger partial charge in [0, 0.05) is 0 Å². The molecule has 0 aromatic rings. The smallest absolute Gasteiger partial charge is 0.322 e. The topological polar surface area (TPSA) is 49.3 Å². The summed E-state index contributed by atoms with van der Waals surface area (Å²) in [5, 5.41) is 10.5. The number of hydrogen-bond acceptors (Lipinski definition) is 2. The Kier molecular flexibility index (Phi) is 7.59. The summed E-state index contributed by atoms with van der Waals surface area (Å²) in [5.74, 6) is -0.898. The minimum atomic E-state index is -0.898. The van der Waals surface area contributed by atoms with Crippen LogP contribution in [0.1, 0.15) is 0 Å². The van der Waals surface area contributed by atoms with Crippen LogP contribution in [0.4, 0.5) is 0 Å². The highest BCUT2D eigenvalue weighted by Gasteiger charge is 1.92. The van der Waals surface area contributed by atoms with Gasteiger partial charge in [0.05, 0.1) is 4.61 Å². The zero-order valence-electron chi connectivity index (χ0n) is 4.56. The Bertz CT molecular complexity index is 103. The van der Waals surface area contributed by atoms with E-state index >= 15 is 0 Å². The molecule has 54 valence electrons. The van der Waals surface area contributed by atoms with E-state index in [1.54, 1.807) is 0 Å². The fraction of sp³-hybridized carbons (Fsp3) is 0.250. The molecule has 0 unspecified atom stereocenters.